The van der Waals surface area contributed by atoms with Crippen molar-refractivity contribution < 1.29 is 4.52 Å². The first-order chi connectivity index (χ1) is 13.2. The largest absolute Gasteiger partial charge is 0.361 e. The molecule has 7 heteroatoms. The molecular formula is C21H32IN5O. The molecular weight excluding hydrogens is 465 g/mol. The van der Waals surface area contributed by atoms with E-state index in [1.807, 2.05) is 13.8 Å². The molecule has 0 radical (unpaired) electrons. The van der Waals surface area contributed by atoms with E-state index in [2.05, 4.69) is 57.5 Å². The second-order valence-electron chi connectivity index (χ2n) is 7.04. The maximum Gasteiger partial charge on any atom is 0.194 e. The van der Waals surface area contributed by atoms with Gasteiger partial charge in [-0.15, -0.1) is 24.0 Å². The van der Waals surface area contributed by atoms with Crippen molar-refractivity contribution in [3.05, 3.63) is 52.9 Å². The predicted octanol–water partition coefficient (Wildman–Crippen LogP) is 3.24. The number of aliphatic imine (C=N–C) groups is 1. The predicted molar refractivity (Wildman–Crippen MR) is 124 cm³/mol. The van der Waals surface area contributed by atoms with Gasteiger partial charge in [0, 0.05) is 51.4 Å². The lowest BCUT2D eigenvalue weighted by atomic mass is 10.1. The average Bonchev–Trinajstić information content (AvgIpc) is 3.01. The molecule has 0 saturated carbocycles. The van der Waals surface area contributed by atoms with E-state index >= 15 is 0 Å². The fourth-order valence-corrected chi connectivity index (χ4v) is 3.52. The molecule has 1 aromatic carbocycles. The van der Waals surface area contributed by atoms with Crippen LogP contribution < -0.4 is 5.32 Å². The molecule has 1 aliphatic rings. The molecule has 1 N–H and O–H groups in total. The van der Waals surface area contributed by atoms with Crippen molar-refractivity contribution in [3.63, 3.8) is 0 Å². The zero-order chi connectivity index (χ0) is 19.1. The Morgan fingerprint density at radius 1 is 1.14 bits per heavy atom. The summed E-state index contributed by atoms with van der Waals surface area (Å²) in [7, 11) is 0. The van der Waals surface area contributed by atoms with E-state index in [1.165, 1.54) is 11.1 Å². The molecule has 0 atom stereocenters. The zero-order valence-electron chi connectivity index (χ0n) is 17.1. The first kappa shape index (κ1) is 22.7. The third kappa shape index (κ3) is 6.20. The van der Waals surface area contributed by atoms with Gasteiger partial charge in [-0.1, -0.05) is 35.5 Å². The van der Waals surface area contributed by atoms with Crippen LogP contribution >= 0.6 is 24.0 Å². The Hall–Kier alpha value is -1.61. The van der Waals surface area contributed by atoms with Gasteiger partial charge in [0.05, 0.1) is 5.69 Å². The molecule has 1 saturated heterocycles. The Bertz CT molecular complexity index is 719. The number of nitrogens with one attached hydrogen (secondary N) is 1. The van der Waals surface area contributed by atoms with Crippen LogP contribution in [0.3, 0.4) is 0 Å². The molecule has 0 bridgehead atoms. The standard InChI is InChI=1S/C21H31N5O.HI/c1-4-22-21(23-11-10-20-17(2)24-27-18(20)3)26-14-12-25(13-15-26)16-19-8-6-5-7-9-19;/h5-9H,4,10-16H2,1-3H3,(H,22,23);1H. The summed E-state index contributed by atoms with van der Waals surface area (Å²) in [6.07, 6.45) is 0.865. The molecule has 0 spiro atoms. The lowest BCUT2D eigenvalue weighted by molar-refractivity contribution is 0.172. The molecule has 0 amide bonds. The minimum Gasteiger partial charge on any atom is -0.361 e. The Labute approximate surface area is 185 Å². The van der Waals surface area contributed by atoms with Crippen LogP contribution in [-0.4, -0.2) is 60.2 Å². The van der Waals surface area contributed by atoms with E-state index in [0.717, 1.165) is 69.6 Å². The number of hydrogen-bond donors (Lipinski definition) is 1. The second-order valence-corrected chi connectivity index (χ2v) is 7.04. The van der Waals surface area contributed by atoms with Gasteiger partial charge in [0.2, 0.25) is 0 Å². The first-order valence-electron chi connectivity index (χ1n) is 9.88. The molecule has 1 aliphatic heterocycles. The van der Waals surface area contributed by atoms with E-state index in [9.17, 15) is 0 Å². The van der Waals surface area contributed by atoms with Gasteiger partial charge < -0.3 is 14.7 Å². The van der Waals surface area contributed by atoms with Crippen molar-refractivity contribution in [2.24, 2.45) is 4.99 Å². The number of halogens is 1. The monoisotopic (exact) mass is 497 g/mol. The van der Waals surface area contributed by atoms with E-state index in [-0.39, 0.29) is 24.0 Å². The second kappa shape index (κ2) is 11.4. The maximum atomic E-state index is 5.25. The van der Waals surface area contributed by atoms with Gasteiger partial charge in [0.1, 0.15) is 5.76 Å². The number of rotatable bonds is 6. The van der Waals surface area contributed by atoms with Gasteiger partial charge >= 0.3 is 0 Å². The molecule has 154 valence electrons. The van der Waals surface area contributed by atoms with Crippen LogP contribution in [0.1, 0.15) is 29.5 Å². The molecule has 2 aromatic rings. The molecule has 1 aromatic heterocycles. The van der Waals surface area contributed by atoms with Gasteiger partial charge in [0.25, 0.3) is 0 Å². The van der Waals surface area contributed by atoms with Crippen molar-refractivity contribution in [1.29, 1.82) is 0 Å². The molecule has 0 unspecified atom stereocenters. The summed E-state index contributed by atoms with van der Waals surface area (Å²) in [4.78, 5) is 9.73. The topological polar surface area (TPSA) is 56.9 Å². The Morgan fingerprint density at radius 2 is 1.86 bits per heavy atom. The number of nitrogens with zero attached hydrogens (tertiary/aromatic N) is 4. The average molecular weight is 497 g/mol. The van der Waals surface area contributed by atoms with Crippen LogP contribution in [-0.2, 0) is 13.0 Å². The zero-order valence-corrected chi connectivity index (χ0v) is 19.5. The van der Waals surface area contributed by atoms with Crippen LogP contribution in [0.25, 0.3) is 0 Å². The highest BCUT2D eigenvalue weighted by Crippen LogP contribution is 2.13. The number of hydrogen-bond acceptors (Lipinski definition) is 4. The summed E-state index contributed by atoms with van der Waals surface area (Å²) < 4.78 is 5.25. The van der Waals surface area contributed by atoms with Crippen molar-refractivity contribution in [2.45, 2.75) is 33.7 Å². The third-order valence-electron chi connectivity index (χ3n) is 5.06. The first-order valence-corrected chi connectivity index (χ1v) is 9.88. The lowest BCUT2D eigenvalue weighted by Gasteiger charge is -2.36. The highest BCUT2D eigenvalue weighted by Gasteiger charge is 2.19. The fraction of sp³-hybridized carbons (Fsp3) is 0.524. The molecule has 0 aliphatic carbocycles. The molecule has 2 heterocycles. The minimum absolute atomic E-state index is 0. The Morgan fingerprint density at radius 3 is 2.46 bits per heavy atom. The van der Waals surface area contributed by atoms with Crippen LogP contribution in [0.2, 0.25) is 0 Å². The van der Waals surface area contributed by atoms with Gasteiger partial charge in [-0.25, -0.2) is 0 Å². The van der Waals surface area contributed by atoms with Gasteiger partial charge in [-0.3, -0.25) is 9.89 Å². The highest BCUT2D eigenvalue weighted by atomic mass is 127. The number of aromatic nitrogens is 1. The normalized spacial score (nSPS) is 15.4. The van der Waals surface area contributed by atoms with Crippen LogP contribution in [0.5, 0.6) is 0 Å². The minimum atomic E-state index is 0. The number of benzene rings is 1. The van der Waals surface area contributed by atoms with Crippen molar-refractivity contribution in [1.82, 2.24) is 20.3 Å². The maximum absolute atomic E-state index is 5.25. The van der Waals surface area contributed by atoms with Gasteiger partial charge in [-0.2, -0.15) is 0 Å². The molecule has 1 fully saturated rings. The van der Waals surface area contributed by atoms with E-state index in [4.69, 9.17) is 9.52 Å². The Balaban J connectivity index is 0.00000280. The fourth-order valence-electron chi connectivity index (χ4n) is 3.52. The number of aryl methyl sites for hydroxylation is 2. The molecule has 3 rings (SSSR count). The van der Waals surface area contributed by atoms with Crippen LogP contribution in [0, 0.1) is 13.8 Å². The SMILES string of the molecule is CCNC(=NCCc1c(C)noc1C)N1CCN(Cc2ccccc2)CC1.I. The number of guanidine groups is 1. The summed E-state index contributed by atoms with van der Waals surface area (Å²) in [5, 5.41) is 7.47. The number of piperazine rings is 1. The van der Waals surface area contributed by atoms with E-state index < -0.39 is 0 Å². The smallest absolute Gasteiger partial charge is 0.194 e. The summed E-state index contributed by atoms with van der Waals surface area (Å²) in [5.74, 6) is 1.92. The van der Waals surface area contributed by atoms with Crippen LogP contribution in [0.4, 0.5) is 0 Å². The van der Waals surface area contributed by atoms with E-state index in [1.54, 1.807) is 0 Å². The molecule has 28 heavy (non-hydrogen) atoms. The van der Waals surface area contributed by atoms with Crippen LogP contribution in [0.15, 0.2) is 39.8 Å². The van der Waals surface area contributed by atoms with Crippen molar-refractivity contribution in [2.75, 3.05) is 39.3 Å². The molecule has 6 nitrogen and oxygen atoms in total. The third-order valence-corrected chi connectivity index (χ3v) is 5.06. The van der Waals surface area contributed by atoms with Gasteiger partial charge in [-0.05, 0) is 32.8 Å². The van der Waals surface area contributed by atoms with Crippen molar-refractivity contribution in [3.8, 4) is 0 Å². The van der Waals surface area contributed by atoms with Crippen molar-refractivity contribution >= 4 is 29.9 Å². The van der Waals surface area contributed by atoms with Gasteiger partial charge in [0.15, 0.2) is 5.96 Å². The van der Waals surface area contributed by atoms with E-state index in [0.29, 0.717) is 0 Å². The lowest BCUT2D eigenvalue weighted by Crippen LogP contribution is -2.52. The summed E-state index contributed by atoms with van der Waals surface area (Å²) >= 11 is 0. The Kier molecular flexibility index (Phi) is 9.24. The summed E-state index contributed by atoms with van der Waals surface area (Å²) in [5.41, 5.74) is 3.54. The quantitative estimate of drug-likeness (QED) is 0.378. The highest BCUT2D eigenvalue weighted by molar-refractivity contribution is 14.0. The summed E-state index contributed by atoms with van der Waals surface area (Å²) in [6.45, 7) is 12.9. The summed E-state index contributed by atoms with van der Waals surface area (Å²) in [6, 6.07) is 10.7.